The lowest BCUT2D eigenvalue weighted by atomic mass is 9.82. The Bertz CT molecular complexity index is 1040. The van der Waals surface area contributed by atoms with Gasteiger partial charge in [-0.15, -0.1) is 0 Å². The van der Waals surface area contributed by atoms with E-state index in [0.717, 1.165) is 16.7 Å². The molecule has 0 amide bonds. The number of carbonyl (C=O) groups excluding carboxylic acids is 1. The minimum Gasteiger partial charge on any atom is -0.431 e. The van der Waals surface area contributed by atoms with Crippen molar-refractivity contribution >= 4 is 12.0 Å². The average Bonchev–Trinajstić information content (AvgIpc) is 2.78. The maximum absolute atomic E-state index is 12.2. The SMILES string of the molecule is CC(=COC(=O)C=Cc1ccccc1)C(c1ccccc1)c1ccc(C(C)(C)C)cc1. The second-order valence-corrected chi connectivity index (χ2v) is 8.76. The fourth-order valence-electron chi connectivity index (χ4n) is 3.53. The molecule has 3 aromatic rings. The van der Waals surface area contributed by atoms with Crippen molar-refractivity contribution in [2.24, 2.45) is 0 Å². The molecule has 0 aromatic heterocycles. The van der Waals surface area contributed by atoms with Crippen LogP contribution in [0.25, 0.3) is 6.08 Å². The lowest BCUT2D eigenvalue weighted by molar-refractivity contribution is -0.132. The minimum atomic E-state index is -0.391. The van der Waals surface area contributed by atoms with Crippen LogP contribution < -0.4 is 0 Å². The van der Waals surface area contributed by atoms with Crippen molar-refractivity contribution in [1.82, 2.24) is 0 Å². The van der Waals surface area contributed by atoms with Crippen LogP contribution in [0.4, 0.5) is 0 Å². The second kappa shape index (κ2) is 10.1. The van der Waals surface area contributed by atoms with Gasteiger partial charge in [0.2, 0.25) is 0 Å². The Kier molecular flexibility index (Phi) is 7.25. The average molecular weight is 411 g/mol. The van der Waals surface area contributed by atoms with Crippen LogP contribution in [-0.4, -0.2) is 5.97 Å². The Morgan fingerprint density at radius 3 is 1.94 bits per heavy atom. The van der Waals surface area contributed by atoms with Crippen LogP contribution in [0.15, 0.2) is 103 Å². The second-order valence-electron chi connectivity index (χ2n) is 8.76. The molecule has 31 heavy (non-hydrogen) atoms. The van der Waals surface area contributed by atoms with Gasteiger partial charge in [0.1, 0.15) is 0 Å². The first-order valence-corrected chi connectivity index (χ1v) is 10.6. The van der Waals surface area contributed by atoms with Crippen LogP contribution in [0.3, 0.4) is 0 Å². The monoisotopic (exact) mass is 410 g/mol. The molecule has 1 unspecified atom stereocenters. The van der Waals surface area contributed by atoms with E-state index in [9.17, 15) is 4.79 Å². The predicted molar refractivity (Wildman–Crippen MR) is 129 cm³/mol. The first kappa shape index (κ1) is 22.3. The molecule has 3 aromatic carbocycles. The molecule has 0 heterocycles. The molecule has 0 radical (unpaired) electrons. The maximum atomic E-state index is 12.2. The first-order chi connectivity index (χ1) is 14.8. The van der Waals surface area contributed by atoms with Crippen LogP contribution in [0.2, 0.25) is 0 Å². The third kappa shape index (κ3) is 6.29. The molecule has 2 nitrogen and oxygen atoms in total. The summed E-state index contributed by atoms with van der Waals surface area (Å²) >= 11 is 0. The Labute approximate surface area is 185 Å². The fraction of sp³-hybridized carbons (Fsp3) is 0.207. The molecule has 3 rings (SSSR count). The normalized spacial score (nSPS) is 13.2. The molecule has 0 aliphatic rings. The van der Waals surface area contributed by atoms with E-state index >= 15 is 0 Å². The van der Waals surface area contributed by atoms with Crippen LogP contribution in [0.5, 0.6) is 0 Å². The lowest BCUT2D eigenvalue weighted by Gasteiger charge is -2.22. The van der Waals surface area contributed by atoms with Gasteiger partial charge in [-0.25, -0.2) is 4.79 Å². The van der Waals surface area contributed by atoms with Crippen molar-refractivity contribution in [3.63, 3.8) is 0 Å². The molecule has 0 saturated carbocycles. The number of benzene rings is 3. The molecule has 0 aliphatic carbocycles. The summed E-state index contributed by atoms with van der Waals surface area (Å²) in [6.07, 6.45) is 4.78. The zero-order chi connectivity index (χ0) is 22.3. The van der Waals surface area contributed by atoms with Gasteiger partial charge in [0.25, 0.3) is 0 Å². The van der Waals surface area contributed by atoms with Gasteiger partial charge in [0.05, 0.1) is 6.26 Å². The van der Waals surface area contributed by atoms with Gasteiger partial charge in [-0.3, -0.25) is 0 Å². The highest BCUT2D eigenvalue weighted by Crippen LogP contribution is 2.33. The molecule has 0 bridgehead atoms. The van der Waals surface area contributed by atoms with Gasteiger partial charge in [0.15, 0.2) is 0 Å². The van der Waals surface area contributed by atoms with E-state index in [1.807, 2.05) is 55.5 Å². The highest BCUT2D eigenvalue weighted by Gasteiger charge is 2.19. The summed E-state index contributed by atoms with van der Waals surface area (Å²) in [5.74, 6) is -0.376. The molecule has 0 N–H and O–H groups in total. The van der Waals surface area contributed by atoms with E-state index < -0.39 is 5.97 Å². The van der Waals surface area contributed by atoms with Gasteiger partial charge >= 0.3 is 5.97 Å². The van der Waals surface area contributed by atoms with Crippen molar-refractivity contribution in [1.29, 1.82) is 0 Å². The topological polar surface area (TPSA) is 26.3 Å². The summed E-state index contributed by atoms with van der Waals surface area (Å²) in [5, 5.41) is 0. The van der Waals surface area contributed by atoms with E-state index in [-0.39, 0.29) is 11.3 Å². The minimum absolute atomic E-state index is 0.0149. The summed E-state index contributed by atoms with van der Waals surface area (Å²) in [6, 6.07) is 28.7. The Morgan fingerprint density at radius 2 is 1.35 bits per heavy atom. The summed E-state index contributed by atoms with van der Waals surface area (Å²) in [6.45, 7) is 8.64. The number of hydrogen-bond donors (Lipinski definition) is 0. The fourth-order valence-corrected chi connectivity index (χ4v) is 3.53. The van der Waals surface area contributed by atoms with E-state index in [1.165, 1.54) is 17.2 Å². The summed E-state index contributed by atoms with van der Waals surface area (Å²) in [4.78, 5) is 12.2. The van der Waals surface area contributed by atoms with Crippen molar-refractivity contribution in [3.05, 3.63) is 125 Å². The number of hydrogen-bond acceptors (Lipinski definition) is 2. The number of carbonyl (C=O) groups is 1. The van der Waals surface area contributed by atoms with Crippen LogP contribution >= 0.6 is 0 Å². The highest BCUT2D eigenvalue weighted by atomic mass is 16.5. The molecule has 2 heteroatoms. The lowest BCUT2D eigenvalue weighted by Crippen LogP contribution is -2.11. The first-order valence-electron chi connectivity index (χ1n) is 10.6. The molecule has 158 valence electrons. The molecular formula is C29H30O2. The molecule has 0 fully saturated rings. The van der Waals surface area contributed by atoms with Crippen molar-refractivity contribution in [3.8, 4) is 0 Å². The van der Waals surface area contributed by atoms with Gasteiger partial charge in [-0.05, 0) is 46.2 Å². The Morgan fingerprint density at radius 1 is 0.806 bits per heavy atom. The van der Waals surface area contributed by atoms with Crippen molar-refractivity contribution < 1.29 is 9.53 Å². The quantitative estimate of drug-likeness (QED) is 0.242. The molecular weight excluding hydrogens is 380 g/mol. The third-order valence-corrected chi connectivity index (χ3v) is 5.27. The number of esters is 1. The van der Waals surface area contributed by atoms with E-state index in [4.69, 9.17) is 4.74 Å². The summed E-state index contributed by atoms with van der Waals surface area (Å²) in [7, 11) is 0. The summed E-state index contributed by atoms with van der Waals surface area (Å²) < 4.78 is 5.44. The van der Waals surface area contributed by atoms with E-state index in [0.29, 0.717) is 0 Å². The highest BCUT2D eigenvalue weighted by molar-refractivity contribution is 5.87. The van der Waals surface area contributed by atoms with Crippen molar-refractivity contribution in [2.45, 2.75) is 39.0 Å². The molecule has 1 atom stereocenters. The Balaban J connectivity index is 1.82. The molecule has 0 spiro atoms. The number of rotatable bonds is 6. The van der Waals surface area contributed by atoms with Gasteiger partial charge < -0.3 is 4.74 Å². The van der Waals surface area contributed by atoms with E-state index in [2.05, 4.69) is 57.2 Å². The predicted octanol–water partition coefficient (Wildman–Crippen LogP) is 7.28. The zero-order valence-corrected chi connectivity index (χ0v) is 18.7. The van der Waals surface area contributed by atoms with Gasteiger partial charge in [0, 0.05) is 12.0 Å². The Hall–Kier alpha value is -3.39. The smallest absolute Gasteiger partial charge is 0.335 e. The van der Waals surface area contributed by atoms with Crippen molar-refractivity contribution in [2.75, 3.05) is 0 Å². The summed E-state index contributed by atoms with van der Waals surface area (Å²) in [5.41, 5.74) is 5.66. The number of allylic oxidation sites excluding steroid dienone is 1. The van der Waals surface area contributed by atoms with E-state index in [1.54, 1.807) is 12.3 Å². The number of ether oxygens (including phenoxy) is 1. The molecule has 0 saturated heterocycles. The third-order valence-electron chi connectivity index (χ3n) is 5.27. The van der Waals surface area contributed by atoms with Crippen LogP contribution in [-0.2, 0) is 14.9 Å². The zero-order valence-electron chi connectivity index (χ0n) is 18.7. The maximum Gasteiger partial charge on any atom is 0.335 e. The molecule has 0 aliphatic heterocycles. The largest absolute Gasteiger partial charge is 0.431 e. The standard InChI is InChI=1S/C29H30O2/c1-22(21-31-27(30)20-15-23-11-7-5-8-12-23)28(24-13-9-6-10-14-24)25-16-18-26(19-17-25)29(2,3)4/h5-21,28H,1-4H3. The van der Waals surface area contributed by atoms with Crippen LogP contribution in [0.1, 0.15) is 55.9 Å². The van der Waals surface area contributed by atoms with Crippen LogP contribution in [0, 0.1) is 0 Å². The van der Waals surface area contributed by atoms with Gasteiger partial charge in [-0.2, -0.15) is 0 Å². The van der Waals surface area contributed by atoms with Gasteiger partial charge in [-0.1, -0.05) is 106 Å².